The Morgan fingerprint density at radius 3 is 2.33 bits per heavy atom. The molecule has 0 aliphatic rings. The highest BCUT2D eigenvalue weighted by Gasteiger charge is 2.15. The Balaban J connectivity index is 3.39. The van der Waals surface area contributed by atoms with Gasteiger partial charge in [0.05, 0.1) is 0 Å². The molecular weight excluding hydrogens is 180 g/mol. The van der Waals surface area contributed by atoms with Crippen molar-refractivity contribution in [1.82, 2.24) is 0 Å². The number of aromatic hydroxyl groups is 1. The number of rotatable bonds is 2. The van der Waals surface area contributed by atoms with Crippen LogP contribution in [0.4, 0.5) is 0 Å². The zero-order chi connectivity index (χ0) is 9.19. The average molecular weight is 186 g/mol. The Morgan fingerprint density at radius 2 is 1.83 bits per heavy atom. The van der Waals surface area contributed by atoms with E-state index in [4.69, 9.17) is 5.11 Å². The molecule has 5 heteroatoms. The van der Waals surface area contributed by atoms with Gasteiger partial charge in [0.25, 0.3) is 0 Å². The summed E-state index contributed by atoms with van der Waals surface area (Å²) in [6.07, 6.45) is 0. The molecule has 0 saturated heterocycles. The van der Waals surface area contributed by atoms with Crippen LogP contribution in [0.5, 0.6) is 5.75 Å². The van der Waals surface area contributed by atoms with Gasteiger partial charge in [0.15, 0.2) is 0 Å². The zero-order valence-corrected chi connectivity index (χ0v) is 6.78. The van der Waals surface area contributed by atoms with Gasteiger partial charge in [0.2, 0.25) is 15.5 Å². The largest absolute Gasteiger partial charge is 0.507 e. The second-order valence-electron chi connectivity index (χ2n) is 2.11. The summed E-state index contributed by atoms with van der Waals surface area (Å²) in [6.45, 7) is 0. The predicted octanol–water partition coefficient (Wildman–Crippen LogP) is 0.356. The van der Waals surface area contributed by atoms with Crippen LogP contribution in [0.3, 0.4) is 0 Å². The van der Waals surface area contributed by atoms with Crippen LogP contribution in [-0.2, 0) is 14.6 Å². The van der Waals surface area contributed by atoms with Gasteiger partial charge >= 0.3 is 0 Å². The van der Waals surface area contributed by atoms with E-state index in [-0.39, 0.29) is 10.5 Å². The quantitative estimate of drug-likeness (QED) is 0.677. The summed E-state index contributed by atoms with van der Waals surface area (Å²) in [7, 11) is -3.96. The molecule has 1 aromatic rings. The fourth-order valence-electron chi connectivity index (χ4n) is 0.750. The first-order valence-corrected chi connectivity index (χ1v) is 4.61. The molecule has 64 valence electrons. The van der Waals surface area contributed by atoms with Crippen molar-refractivity contribution in [2.45, 2.75) is 4.90 Å². The minimum Gasteiger partial charge on any atom is -0.507 e. The molecular formula is C7H6O4S. The number of hydrogen-bond acceptors (Lipinski definition) is 4. The Kier molecular flexibility index (Phi) is 2.14. The van der Waals surface area contributed by atoms with E-state index < -0.39 is 15.6 Å². The number of para-hydroxylation sites is 1. The van der Waals surface area contributed by atoms with Crippen molar-refractivity contribution in [2.75, 3.05) is 0 Å². The van der Waals surface area contributed by atoms with Gasteiger partial charge in [0, 0.05) is 0 Å². The summed E-state index contributed by atoms with van der Waals surface area (Å²) in [5, 5.41) is 9.04. The summed E-state index contributed by atoms with van der Waals surface area (Å²) in [5.41, 5.74) is -0.192. The molecule has 1 N–H and O–H groups in total. The summed E-state index contributed by atoms with van der Waals surface area (Å²) in [5.74, 6) is -0.412. The third kappa shape index (κ3) is 1.45. The van der Waals surface area contributed by atoms with Crippen LogP contribution >= 0.6 is 0 Å². The number of phenolic OH excluding ortho intramolecular Hbond substituents is 1. The Bertz CT molecular complexity index is 394. The molecule has 1 aromatic carbocycles. The Hall–Kier alpha value is -1.36. The molecule has 0 amide bonds. The maximum Gasteiger partial charge on any atom is 0.240 e. The van der Waals surface area contributed by atoms with Crippen molar-refractivity contribution in [3.63, 3.8) is 0 Å². The smallest absolute Gasteiger partial charge is 0.240 e. The molecule has 0 spiro atoms. The number of carbonyl (C=O) groups is 1. The van der Waals surface area contributed by atoms with Gasteiger partial charge in [-0.2, -0.15) is 0 Å². The maximum absolute atomic E-state index is 10.9. The molecule has 0 radical (unpaired) electrons. The minimum absolute atomic E-state index is 0.192. The van der Waals surface area contributed by atoms with Crippen LogP contribution in [0.15, 0.2) is 29.2 Å². The van der Waals surface area contributed by atoms with Crippen LogP contribution < -0.4 is 0 Å². The lowest BCUT2D eigenvalue weighted by Gasteiger charge is -1.98. The van der Waals surface area contributed by atoms with E-state index in [9.17, 15) is 13.2 Å². The van der Waals surface area contributed by atoms with E-state index in [1.807, 2.05) is 0 Å². The molecule has 0 saturated carbocycles. The molecule has 0 aliphatic carbocycles. The first-order valence-electron chi connectivity index (χ1n) is 3.06. The van der Waals surface area contributed by atoms with Gasteiger partial charge in [-0.3, -0.25) is 4.79 Å². The van der Waals surface area contributed by atoms with Crippen LogP contribution in [0.2, 0.25) is 0 Å². The van der Waals surface area contributed by atoms with Gasteiger partial charge in [0.1, 0.15) is 10.6 Å². The van der Waals surface area contributed by atoms with Crippen LogP contribution in [0.1, 0.15) is 0 Å². The van der Waals surface area contributed by atoms with Gasteiger partial charge in [-0.25, -0.2) is 8.42 Å². The molecule has 0 unspecified atom stereocenters. The van der Waals surface area contributed by atoms with E-state index >= 15 is 0 Å². The highest BCUT2D eigenvalue weighted by atomic mass is 32.2. The molecule has 0 fully saturated rings. The van der Waals surface area contributed by atoms with Gasteiger partial charge in [-0.15, -0.1) is 0 Å². The normalized spacial score (nSPS) is 11.0. The molecule has 0 aromatic heterocycles. The number of benzene rings is 1. The van der Waals surface area contributed by atoms with E-state index in [2.05, 4.69) is 0 Å². The van der Waals surface area contributed by atoms with Crippen molar-refractivity contribution in [1.29, 1.82) is 0 Å². The average Bonchev–Trinajstić information content (AvgIpc) is 2.05. The number of phenols is 1. The van der Waals surface area contributed by atoms with Crippen molar-refractivity contribution in [3.05, 3.63) is 24.3 Å². The number of sulfone groups is 1. The molecule has 4 nitrogen and oxygen atoms in total. The van der Waals surface area contributed by atoms with E-state index in [1.165, 1.54) is 24.3 Å². The monoisotopic (exact) mass is 186 g/mol. The zero-order valence-electron chi connectivity index (χ0n) is 5.97. The fourth-order valence-corrected chi connectivity index (χ4v) is 1.48. The highest BCUT2D eigenvalue weighted by Crippen LogP contribution is 2.20. The summed E-state index contributed by atoms with van der Waals surface area (Å²) < 4.78 is 21.8. The maximum atomic E-state index is 10.9. The lowest BCUT2D eigenvalue weighted by atomic mass is 10.3. The lowest BCUT2D eigenvalue weighted by molar-refractivity contribution is 0.459. The predicted molar refractivity (Wildman–Crippen MR) is 42.0 cm³/mol. The third-order valence-corrected chi connectivity index (χ3v) is 2.51. The molecule has 0 bridgehead atoms. The second-order valence-corrected chi connectivity index (χ2v) is 3.83. The van der Waals surface area contributed by atoms with Gasteiger partial charge < -0.3 is 5.11 Å². The van der Waals surface area contributed by atoms with E-state index in [0.717, 1.165) is 0 Å². The fraction of sp³-hybridized carbons (Fsp3) is 0. The van der Waals surface area contributed by atoms with Crippen molar-refractivity contribution in [2.24, 2.45) is 0 Å². The van der Waals surface area contributed by atoms with Crippen molar-refractivity contribution >= 4 is 15.5 Å². The van der Waals surface area contributed by atoms with Gasteiger partial charge in [-0.1, -0.05) is 12.1 Å². The minimum atomic E-state index is -3.96. The summed E-state index contributed by atoms with van der Waals surface area (Å²) in [4.78, 5) is 9.72. The topological polar surface area (TPSA) is 71.4 Å². The van der Waals surface area contributed by atoms with E-state index in [1.54, 1.807) is 0 Å². The Labute approximate surface area is 69.4 Å². The standard InChI is InChI=1S/C7H6O4S/c8-5-12(10,11)7-4-2-1-3-6(7)9/h1-5,9H. The number of hydrogen-bond donors (Lipinski definition) is 1. The number of carbonyl (C=O) groups excluding carboxylic acids is 1. The molecule has 12 heavy (non-hydrogen) atoms. The van der Waals surface area contributed by atoms with Crippen molar-refractivity contribution in [3.8, 4) is 5.75 Å². The third-order valence-electron chi connectivity index (χ3n) is 1.30. The van der Waals surface area contributed by atoms with Crippen LogP contribution in [0.25, 0.3) is 0 Å². The Morgan fingerprint density at radius 1 is 1.25 bits per heavy atom. The van der Waals surface area contributed by atoms with Gasteiger partial charge in [-0.05, 0) is 12.1 Å². The van der Waals surface area contributed by atoms with E-state index in [0.29, 0.717) is 0 Å². The summed E-state index contributed by atoms with van der Waals surface area (Å²) in [6, 6.07) is 5.27. The van der Waals surface area contributed by atoms with Crippen molar-refractivity contribution < 1.29 is 18.3 Å². The van der Waals surface area contributed by atoms with Crippen LogP contribution in [0, 0.1) is 0 Å². The SMILES string of the molecule is O=CS(=O)(=O)c1ccccc1O. The highest BCUT2D eigenvalue weighted by molar-refractivity contribution is 8.04. The first kappa shape index (κ1) is 8.73. The summed E-state index contributed by atoms with van der Waals surface area (Å²) >= 11 is 0. The first-order chi connectivity index (χ1) is 5.58. The second kappa shape index (κ2) is 2.94. The van der Waals surface area contributed by atoms with Crippen LogP contribution in [-0.4, -0.2) is 19.1 Å². The molecule has 0 heterocycles. The lowest BCUT2D eigenvalue weighted by Crippen LogP contribution is -2.01. The molecule has 1 rings (SSSR count). The molecule has 0 aliphatic heterocycles. The molecule has 0 atom stereocenters.